The number of benzene rings is 1. The van der Waals surface area contributed by atoms with Crippen LogP contribution >= 0.6 is 11.6 Å². The maximum atomic E-state index is 5.85. The first kappa shape index (κ1) is 14.4. The van der Waals surface area contributed by atoms with Crippen LogP contribution in [0.4, 0.5) is 0 Å². The van der Waals surface area contributed by atoms with E-state index in [4.69, 9.17) is 16.3 Å². The molecule has 20 heavy (non-hydrogen) atoms. The minimum Gasteiger partial charge on any atom is -0.488 e. The number of hydrogen-bond acceptors (Lipinski definition) is 2. The first-order valence-electron chi connectivity index (χ1n) is 6.47. The van der Waals surface area contributed by atoms with Crippen molar-refractivity contribution in [1.29, 1.82) is 0 Å². The summed E-state index contributed by atoms with van der Waals surface area (Å²) in [7, 11) is 0. The van der Waals surface area contributed by atoms with E-state index >= 15 is 0 Å². The van der Waals surface area contributed by atoms with Crippen LogP contribution in [0.5, 0.6) is 5.75 Å². The van der Waals surface area contributed by atoms with Gasteiger partial charge < -0.3 is 4.74 Å². The molecule has 2 nitrogen and oxygen atoms in total. The van der Waals surface area contributed by atoms with E-state index < -0.39 is 0 Å². The predicted octanol–water partition coefficient (Wildman–Crippen LogP) is 3.95. The van der Waals surface area contributed by atoms with Gasteiger partial charge in [0.15, 0.2) is 0 Å². The van der Waals surface area contributed by atoms with Crippen molar-refractivity contribution in [3.63, 3.8) is 0 Å². The van der Waals surface area contributed by atoms with Gasteiger partial charge in [-0.3, -0.25) is 4.98 Å². The molecule has 0 unspecified atom stereocenters. The Morgan fingerprint density at radius 3 is 2.75 bits per heavy atom. The number of halogens is 1. The fourth-order valence-electron chi connectivity index (χ4n) is 1.71. The predicted molar refractivity (Wildman–Crippen MR) is 82.0 cm³/mol. The summed E-state index contributed by atoms with van der Waals surface area (Å²) in [5.41, 5.74) is 3.15. The summed E-state index contributed by atoms with van der Waals surface area (Å²) in [4.78, 5) is 3.99. The Kier molecular flexibility index (Phi) is 5.46. The van der Waals surface area contributed by atoms with E-state index in [-0.39, 0.29) is 0 Å². The molecule has 0 amide bonds. The topological polar surface area (TPSA) is 22.1 Å². The first-order valence-corrected chi connectivity index (χ1v) is 7.00. The zero-order valence-corrected chi connectivity index (χ0v) is 12.2. The molecule has 0 spiro atoms. The fraction of sp³-hybridized carbons (Fsp3) is 0.235. The van der Waals surface area contributed by atoms with Gasteiger partial charge in [0.25, 0.3) is 0 Å². The molecule has 1 aromatic heterocycles. The lowest BCUT2D eigenvalue weighted by molar-refractivity contribution is 0.305. The molecule has 2 aromatic rings. The van der Waals surface area contributed by atoms with E-state index in [1.807, 2.05) is 37.3 Å². The zero-order valence-electron chi connectivity index (χ0n) is 11.4. The van der Waals surface area contributed by atoms with Crippen LogP contribution in [0.2, 0.25) is 0 Å². The molecule has 0 saturated heterocycles. The molecule has 3 heteroatoms. The second-order valence-corrected chi connectivity index (χ2v) is 4.76. The molecule has 1 aromatic carbocycles. The minimum absolute atomic E-state index is 0.510. The minimum atomic E-state index is 0.510. The van der Waals surface area contributed by atoms with Crippen LogP contribution < -0.4 is 4.74 Å². The van der Waals surface area contributed by atoms with Gasteiger partial charge in [-0.05, 0) is 42.3 Å². The number of aryl methyl sites for hydroxylation is 1. The molecule has 1 heterocycles. The van der Waals surface area contributed by atoms with Crippen molar-refractivity contribution < 1.29 is 4.74 Å². The lowest BCUT2D eigenvalue weighted by atomic mass is 10.1. The number of pyridine rings is 1. The Balaban J connectivity index is 2.13. The van der Waals surface area contributed by atoms with Crippen molar-refractivity contribution in [2.75, 3.05) is 5.88 Å². The maximum absolute atomic E-state index is 5.85. The number of aromatic nitrogens is 1. The van der Waals surface area contributed by atoms with Crippen molar-refractivity contribution >= 4 is 11.6 Å². The van der Waals surface area contributed by atoms with Gasteiger partial charge in [-0.1, -0.05) is 17.9 Å². The molecule has 0 saturated carbocycles. The van der Waals surface area contributed by atoms with Gasteiger partial charge in [-0.2, -0.15) is 0 Å². The highest BCUT2D eigenvalue weighted by molar-refractivity contribution is 6.18. The maximum Gasteiger partial charge on any atom is 0.135 e. The van der Waals surface area contributed by atoms with E-state index in [2.05, 4.69) is 16.8 Å². The average Bonchev–Trinajstić information content (AvgIpc) is 2.48. The second-order valence-electron chi connectivity index (χ2n) is 4.38. The summed E-state index contributed by atoms with van der Waals surface area (Å²) in [6.07, 6.45) is 4.20. The molecule has 0 radical (unpaired) electrons. The molecular weight excluding hydrogens is 270 g/mol. The zero-order chi connectivity index (χ0) is 14.2. The van der Waals surface area contributed by atoms with Crippen LogP contribution in [0.1, 0.15) is 23.1 Å². The van der Waals surface area contributed by atoms with Gasteiger partial charge >= 0.3 is 0 Å². The van der Waals surface area contributed by atoms with Crippen LogP contribution in [0.25, 0.3) is 0 Å². The van der Waals surface area contributed by atoms with Crippen LogP contribution in [-0.4, -0.2) is 10.9 Å². The Morgan fingerprint density at radius 2 is 2.00 bits per heavy atom. The number of hydrogen-bond donors (Lipinski definition) is 0. The van der Waals surface area contributed by atoms with Gasteiger partial charge in [0.05, 0.1) is 5.56 Å². The molecule has 2 rings (SSSR count). The summed E-state index contributed by atoms with van der Waals surface area (Å²) in [5, 5.41) is 0. The number of nitrogens with zero attached hydrogens (tertiary/aromatic N) is 1. The Morgan fingerprint density at radius 1 is 1.20 bits per heavy atom. The van der Waals surface area contributed by atoms with E-state index in [1.165, 1.54) is 0 Å². The Labute approximate surface area is 124 Å². The van der Waals surface area contributed by atoms with Gasteiger partial charge in [-0.25, -0.2) is 0 Å². The van der Waals surface area contributed by atoms with Crippen molar-refractivity contribution in [2.45, 2.75) is 20.0 Å². The summed E-state index contributed by atoms with van der Waals surface area (Å²) in [6.45, 7) is 2.55. The molecule has 0 atom stereocenters. The summed E-state index contributed by atoms with van der Waals surface area (Å²) in [6, 6.07) is 9.89. The smallest absolute Gasteiger partial charge is 0.135 e. The number of alkyl halides is 1. The molecule has 0 N–H and O–H groups in total. The van der Waals surface area contributed by atoms with Gasteiger partial charge in [-0.15, -0.1) is 11.6 Å². The molecule has 0 bridgehead atoms. The summed E-state index contributed by atoms with van der Waals surface area (Å²) in [5.74, 6) is 7.51. The molecule has 0 fully saturated rings. The highest BCUT2D eigenvalue weighted by Crippen LogP contribution is 2.20. The van der Waals surface area contributed by atoms with Crippen LogP contribution in [-0.2, 0) is 6.61 Å². The Hall–Kier alpha value is -1.98. The van der Waals surface area contributed by atoms with Crippen LogP contribution in [0.15, 0.2) is 42.7 Å². The number of ether oxygens (including phenoxy) is 1. The van der Waals surface area contributed by atoms with E-state index in [0.717, 1.165) is 22.4 Å². The lowest BCUT2D eigenvalue weighted by Crippen LogP contribution is -1.97. The summed E-state index contributed by atoms with van der Waals surface area (Å²) >= 11 is 5.64. The van der Waals surface area contributed by atoms with E-state index in [1.54, 1.807) is 12.4 Å². The third-order valence-corrected chi connectivity index (χ3v) is 2.91. The monoisotopic (exact) mass is 285 g/mol. The third-order valence-electron chi connectivity index (χ3n) is 2.72. The highest BCUT2D eigenvalue weighted by Gasteiger charge is 2.02. The third kappa shape index (κ3) is 4.29. The van der Waals surface area contributed by atoms with Crippen molar-refractivity contribution in [3.8, 4) is 17.6 Å². The molecule has 0 aliphatic heterocycles. The van der Waals surface area contributed by atoms with Gasteiger partial charge in [0.2, 0.25) is 0 Å². The SMILES string of the molecule is Cc1ccc(OCc2ccncc2)c(C#CCCCl)c1. The molecule has 102 valence electrons. The average molecular weight is 286 g/mol. The number of rotatable bonds is 4. The molecule has 0 aliphatic carbocycles. The Bertz CT molecular complexity index is 614. The molecular formula is C17H16ClNO. The van der Waals surface area contributed by atoms with Gasteiger partial charge in [0, 0.05) is 24.7 Å². The summed E-state index contributed by atoms with van der Waals surface area (Å²) < 4.78 is 5.85. The first-order chi connectivity index (χ1) is 9.79. The van der Waals surface area contributed by atoms with E-state index in [9.17, 15) is 0 Å². The van der Waals surface area contributed by atoms with Gasteiger partial charge in [0.1, 0.15) is 12.4 Å². The van der Waals surface area contributed by atoms with Crippen molar-refractivity contribution in [2.24, 2.45) is 0 Å². The second kappa shape index (κ2) is 7.57. The fourth-order valence-corrected chi connectivity index (χ4v) is 1.81. The van der Waals surface area contributed by atoms with Crippen LogP contribution in [0.3, 0.4) is 0 Å². The van der Waals surface area contributed by atoms with E-state index in [0.29, 0.717) is 18.9 Å². The quantitative estimate of drug-likeness (QED) is 0.627. The largest absolute Gasteiger partial charge is 0.488 e. The van der Waals surface area contributed by atoms with Crippen LogP contribution in [0, 0.1) is 18.8 Å². The lowest BCUT2D eigenvalue weighted by Gasteiger charge is -2.09. The van der Waals surface area contributed by atoms with Crippen molar-refractivity contribution in [1.82, 2.24) is 4.98 Å². The normalized spacial score (nSPS) is 9.70. The molecule has 0 aliphatic rings. The standard InChI is InChI=1S/C17H16ClNO/c1-14-5-6-17(16(12-14)4-2-3-9-18)20-13-15-7-10-19-11-8-15/h5-8,10-12H,3,9,13H2,1H3. The van der Waals surface area contributed by atoms with Crippen molar-refractivity contribution in [3.05, 3.63) is 59.4 Å². The highest BCUT2D eigenvalue weighted by atomic mass is 35.5.